The zero-order chi connectivity index (χ0) is 13.1. The number of carbonyl (C=O) groups excluding carboxylic acids is 1. The first-order valence-corrected chi connectivity index (χ1v) is 4.75. The van der Waals surface area contributed by atoms with Gasteiger partial charge in [-0.3, -0.25) is 4.90 Å². The molecule has 1 aliphatic rings. The molecule has 1 rings (SSSR count). The molecule has 1 N–H and O–H groups in total. The summed E-state index contributed by atoms with van der Waals surface area (Å²) in [6.45, 7) is 3.05. The van der Waals surface area contributed by atoms with Gasteiger partial charge in [0.2, 0.25) is 0 Å². The van der Waals surface area contributed by atoms with E-state index in [0.29, 0.717) is 4.90 Å². The summed E-state index contributed by atoms with van der Waals surface area (Å²) in [5.41, 5.74) is -1.05. The number of nitrogens with one attached hydrogen (secondary N) is 1. The Morgan fingerprint density at radius 2 is 2.29 bits per heavy atom. The van der Waals surface area contributed by atoms with Gasteiger partial charge in [0.25, 0.3) is 0 Å². The molecule has 0 aromatic heterocycles. The van der Waals surface area contributed by atoms with Crippen LogP contribution in [0.5, 0.6) is 0 Å². The van der Waals surface area contributed by atoms with E-state index in [1.807, 2.05) is 0 Å². The normalized spacial score (nSPS) is 20.4. The third kappa shape index (κ3) is 3.00. The lowest BCUT2D eigenvalue weighted by molar-refractivity contribution is -0.108. The second-order valence-electron chi connectivity index (χ2n) is 3.37. The number of alkyl halides is 3. The predicted molar refractivity (Wildman–Crippen MR) is 53.6 cm³/mol. The Hall–Kier alpha value is -1.97. The number of allylic oxidation sites excluding steroid dienone is 1. The number of nitrogens with zero attached hydrogens (tertiary/aromatic N) is 2. The summed E-state index contributed by atoms with van der Waals surface area (Å²) in [5, 5.41) is 10.7. The maximum absolute atomic E-state index is 12.7. The molecule has 0 aromatic rings. The van der Waals surface area contributed by atoms with Crippen LogP contribution in [0.15, 0.2) is 24.4 Å². The topological polar surface area (TPSA) is 56.1 Å². The summed E-state index contributed by atoms with van der Waals surface area (Å²) in [7, 11) is 0. The SMILES string of the molecule is C=CCN1C(=O)NC(CC#N)C=C1C(F)(F)F. The Balaban J connectivity index is 3.07. The summed E-state index contributed by atoms with van der Waals surface area (Å²) in [4.78, 5) is 12.0. The number of rotatable bonds is 3. The third-order valence-corrected chi connectivity index (χ3v) is 2.12. The first-order chi connectivity index (χ1) is 7.90. The minimum atomic E-state index is -4.63. The molecule has 17 heavy (non-hydrogen) atoms. The van der Waals surface area contributed by atoms with Crippen LogP contribution in [0.3, 0.4) is 0 Å². The highest BCUT2D eigenvalue weighted by Gasteiger charge is 2.42. The van der Waals surface area contributed by atoms with Crippen molar-refractivity contribution in [2.24, 2.45) is 0 Å². The van der Waals surface area contributed by atoms with E-state index < -0.39 is 23.9 Å². The summed E-state index contributed by atoms with van der Waals surface area (Å²) in [6, 6.07) is -0.0754. The highest BCUT2D eigenvalue weighted by molar-refractivity contribution is 5.78. The van der Waals surface area contributed by atoms with E-state index in [0.717, 1.165) is 6.08 Å². The van der Waals surface area contributed by atoms with Gasteiger partial charge in [0.05, 0.1) is 18.5 Å². The van der Waals surface area contributed by atoms with E-state index in [1.54, 1.807) is 6.07 Å². The first-order valence-electron chi connectivity index (χ1n) is 4.75. The standard InChI is InChI=1S/C10H10F3N3O/c1-2-5-16-8(10(11,12)13)6-7(3-4-14)15-9(16)17/h2,6-7H,1,3,5H2,(H,15,17). The Morgan fingerprint density at radius 1 is 1.65 bits per heavy atom. The van der Waals surface area contributed by atoms with E-state index in [-0.39, 0.29) is 13.0 Å². The number of carbonyl (C=O) groups is 1. The maximum atomic E-state index is 12.7. The molecular formula is C10H10F3N3O. The largest absolute Gasteiger partial charge is 0.431 e. The average Bonchev–Trinajstić information content (AvgIpc) is 2.20. The van der Waals surface area contributed by atoms with Gasteiger partial charge in [0, 0.05) is 6.54 Å². The molecule has 0 bridgehead atoms. The minimum absolute atomic E-state index is 0.201. The van der Waals surface area contributed by atoms with Gasteiger partial charge in [-0.15, -0.1) is 6.58 Å². The van der Waals surface area contributed by atoms with Crippen molar-refractivity contribution >= 4 is 6.03 Å². The molecule has 7 heteroatoms. The minimum Gasteiger partial charge on any atom is -0.330 e. The predicted octanol–water partition coefficient (Wildman–Crippen LogP) is 1.93. The second-order valence-corrected chi connectivity index (χ2v) is 3.37. The smallest absolute Gasteiger partial charge is 0.330 e. The van der Waals surface area contributed by atoms with Gasteiger partial charge in [-0.25, -0.2) is 4.79 Å². The van der Waals surface area contributed by atoms with Crippen LogP contribution in [-0.2, 0) is 0 Å². The monoisotopic (exact) mass is 245 g/mol. The molecule has 0 saturated heterocycles. The molecule has 1 heterocycles. The quantitative estimate of drug-likeness (QED) is 0.772. The summed E-state index contributed by atoms with van der Waals surface area (Å²) >= 11 is 0. The molecule has 1 atom stereocenters. The second kappa shape index (κ2) is 4.91. The fourth-order valence-corrected chi connectivity index (χ4v) is 1.43. The van der Waals surface area contributed by atoms with Crippen LogP contribution in [0.25, 0.3) is 0 Å². The van der Waals surface area contributed by atoms with E-state index >= 15 is 0 Å². The molecule has 92 valence electrons. The Kier molecular flexibility index (Phi) is 3.78. The zero-order valence-corrected chi connectivity index (χ0v) is 8.79. The molecule has 0 aromatic carbocycles. The molecule has 4 nitrogen and oxygen atoms in total. The molecule has 0 fully saturated rings. The van der Waals surface area contributed by atoms with Crippen LogP contribution in [0.2, 0.25) is 0 Å². The molecule has 0 radical (unpaired) electrons. The van der Waals surface area contributed by atoms with Crippen molar-refractivity contribution in [3.05, 3.63) is 24.4 Å². The Morgan fingerprint density at radius 3 is 2.76 bits per heavy atom. The van der Waals surface area contributed by atoms with Crippen molar-refractivity contribution in [2.45, 2.75) is 18.6 Å². The van der Waals surface area contributed by atoms with Gasteiger partial charge in [0.1, 0.15) is 5.70 Å². The maximum Gasteiger partial charge on any atom is 0.431 e. The fraction of sp³-hybridized carbons (Fsp3) is 0.400. The number of nitriles is 1. The Bertz CT molecular complexity index is 395. The van der Waals surface area contributed by atoms with Crippen LogP contribution in [0.1, 0.15) is 6.42 Å². The molecule has 0 spiro atoms. The third-order valence-electron chi connectivity index (χ3n) is 2.12. The van der Waals surface area contributed by atoms with Crippen molar-refractivity contribution in [2.75, 3.05) is 6.54 Å². The van der Waals surface area contributed by atoms with Gasteiger partial charge in [-0.05, 0) is 6.08 Å². The van der Waals surface area contributed by atoms with Crippen molar-refractivity contribution in [3.63, 3.8) is 0 Å². The summed E-state index contributed by atoms with van der Waals surface area (Å²) in [6.07, 6.45) is -2.79. The number of urea groups is 1. The van der Waals surface area contributed by atoms with Gasteiger partial charge in [-0.1, -0.05) is 6.08 Å². The van der Waals surface area contributed by atoms with E-state index in [2.05, 4.69) is 11.9 Å². The zero-order valence-electron chi connectivity index (χ0n) is 8.79. The van der Waals surface area contributed by atoms with Crippen LogP contribution in [0, 0.1) is 11.3 Å². The average molecular weight is 245 g/mol. The Labute approximate surface area is 96.0 Å². The lowest BCUT2D eigenvalue weighted by Crippen LogP contribution is -2.51. The van der Waals surface area contributed by atoms with Gasteiger partial charge in [0.15, 0.2) is 0 Å². The molecule has 1 aliphatic heterocycles. The van der Waals surface area contributed by atoms with Crippen LogP contribution in [0.4, 0.5) is 18.0 Å². The molecule has 2 amide bonds. The van der Waals surface area contributed by atoms with Crippen LogP contribution < -0.4 is 5.32 Å². The number of hydrogen-bond acceptors (Lipinski definition) is 2. The van der Waals surface area contributed by atoms with E-state index in [4.69, 9.17) is 5.26 Å². The van der Waals surface area contributed by atoms with Crippen molar-refractivity contribution in [1.82, 2.24) is 10.2 Å². The van der Waals surface area contributed by atoms with Crippen molar-refractivity contribution in [1.29, 1.82) is 5.26 Å². The van der Waals surface area contributed by atoms with Crippen molar-refractivity contribution < 1.29 is 18.0 Å². The van der Waals surface area contributed by atoms with E-state index in [9.17, 15) is 18.0 Å². The van der Waals surface area contributed by atoms with Gasteiger partial charge >= 0.3 is 12.2 Å². The van der Waals surface area contributed by atoms with Crippen LogP contribution >= 0.6 is 0 Å². The number of hydrogen-bond donors (Lipinski definition) is 1. The van der Waals surface area contributed by atoms with E-state index in [1.165, 1.54) is 6.08 Å². The summed E-state index contributed by atoms with van der Waals surface area (Å²) in [5.74, 6) is 0. The molecule has 0 aliphatic carbocycles. The summed E-state index contributed by atoms with van der Waals surface area (Å²) < 4.78 is 38.1. The highest BCUT2D eigenvalue weighted by atomic mass is 19.4. The highest BCUT2D eigenvalue weighted by Crippen LogP contribution is 2.31. The van der Waals surface area contributed by atoms with Crippen LogP contribution in [-0.4, -0.2) is 29.7 Å². The fourth-order valence-electron chi connectivity index (χ4n) is 1.43. The molecule has 1 unspecified atom stereocenters. The first kappa shape index (κ1) is 13.1. The number of halogens is 3. The lowest BCUT2D eigenvalue weighted by Gasteiger charge is -2.32. The molecule has 0 saturated carbocycles. The van der Waals surface area contributed by atoms with Gasteiger partial charge < -0.3 is 5.32 Å². The van der Waals surface area contributed by atoms with Crippen molar-refractivity contribution in [3.8, 4) is 6.07 Å². The number of amides is 2. The van der Waals surface area contributed by atoms with Gasteiger partial charge in [-0.2, -0.15) is 18.4 Å². The lowest BCUT2D eigenvalue weighted by atomic mass is 10.1. The molecular weight excluding hydrogens is 235 g/mol.